The predicted octanol–water partition coefficient (Wildman–Crippen LogP) is 0.537. The third kappa shape index (κ3) is 1.95. The highest BCUT2D eigenvalue weighted by Gasteiger charge is 2.03. The van der Waals surface area contributed by atoms with Gasteiger partial charge in [0.05, 0.1) is 11.8 Å². The molecule has 2 N–H and O–H groups in total. The standard InChI is InChI=1S/C8H10N2O2/c1-2-10-8(12)6-3-7(11)5-9-4-6/h3-5,11H,2H2,1H3,(H,10,12). The maximum absolute atomic E-state index is 11.1. The van der Waals surface area contributed by atoms with Crippen molar-refractivity contribution in [2.75, 3.05) is 6.54 Å². The van der Waals surface area contributed by atoms with Crippen LogP contribution in [0.25, 0.3) is 0 Å². The van der Waals surface area contributed by atoms with E-state index >= 15 is 0 Å². The number of nitrogens with zero attached hydrogens (tertiary/aromatic N) is 1. The van der Waals surface area contributed by atoms with Crippen molar-refractivity contribution in [3.8, 4) is 5.75 Å². The van der Waals surface area contributed by atoms with Crippen molar-refractivity contribution in [3.05, 3.63) is 24.0 Å². The summed E-state index contributed by atoms with van der Waals surface area (Å²) >= 11 is 0. The molecule has 1 rings (SSSR count). The summed E-state index contributed by atoms with van der Waals surface area (Å²) in [5, 5.41) is 11.6. The fraction of sp³-hybridized carbons (Fsp3) is 0.250. The molecule has 1 aromatic heterocycles. The SMILES string of the molecule is CCNC(=O)c1cncc(O)c1. The summed E-state index contributed by atoms with van der Waals surface area (Å²) in [6.07, 6.45) is 2.69. The minimum absolute atomic E-state index is 0.00115. The van der Waals surface area contributed by atoms with Gasteiger partial charge in [0.15, 0.2) is 0 Å². The summed E-state index contributed by atoms with van der Waals surface area (Å²) in [5.41, 5.74) is 0.372. The Labute approximate surface area is 70.3 Å². The lowest BCUT2D eigenvalue weighted by atomic mass is 10.2. The smallest absolute Gasteiger partial charge is 0.252 e. The van der Waals surface area contributed by atoms with E-state index in [1.165, 1.54) is 18.5 Å². The van der Waals surface area contributed by atoms with Crippen LogP contribution in [0.5, 0.6) is 5.75 Å². The molecule has 0 aliphatic heterocycles. The zero-order valence-corrected chi connectivity index (χ0v) is 6.74. The molecule has 0 fully saturated rings. The molecule has 64 valence electrons. The van der Waals surface area contributed by atoms with E-state index in [0.29, 0.717) is 12.1 Å². The summed E-state index contributed by atoms with van der Waals surface area (Å²) in [5.74, 6) is -0.223. The number of amides is 1. The highest BCUT2D eigenvalue weighted by molar-refractivity contribution is 5.94. The molecule has 1 aromatic rings. The van der Waals surface area contributed by atoms with Crippen LogP contribution in [0.1, 0.15) is 17.3 Å². The molecule has 4 nitrogen and oxygen atoms in total. The molecule has 0 spiro atoms. The Morgan fingerprint density at radius 1 is 1.67 bits per heavy atom. The predicted molar refractivity (Wildman–Crippen MR) is 43.9 cm³/mol. The number of hydrogen-bond donors (Lipinski definition) is 2. The summed E-state index contributed by atoms with van der Waals surface area (Å²) in [6, 6.07) is 1.37. The summed E-state index contributed by atoms with van der Waals surface area (Å²) in [7, 11) is 0. The fourth-order valence-corrected chi connectivity index (χ4v) is 0.815. The van der Waals surface area contributed by atoms with Gasteiger partial charge in [-0.2, -0.15) is 0 Å². The van der Waals surface area contributed by atoms with Crippen molar-refractivity contribution < 1.29 is 9.90 Å². The van der Waals surface area contributed by atoms with Gasteiger partial charge in [-0.3, -0.25) is 9.78 Å². The van der Waals surface area contributed by atoms with Gasteiger partial charge in [0, 0.05) is 12.7 Å². The molecule has 1 amide bonds. The summed E-state index contributed by atoms with van der Waals surface area (Å²) in [4.78, 5) is 14.8. The number of carbonyl (C=O) groups excluding carboxylic acids is 1. The number of rotatable bonds is 2. The average molecular weight is 166 g/mol. The number of pyridine rings is 1. The number of hydrogen-bond acceptors (Lipinski definition) is 3. The lowest BCUT2D eigenvalue weighted by Crippen LogP contribution is -2.22. The maximum Gasteiger partial charge on any atom is 0.252 e. The Kier molecular flexibility index (Phi) is 2.63. The van der Waals surface area contributed by atoms with Crippen molar-refractivity contribution in [1.82, 2.24) is 10.3 Å². The molecule has 12 heavy (non-hydrogen) atoms. The minimum Gasteiger partial charge on any atom is -0.506 e. The van der Waals surface area contributed by atoms with Gasteiger partial charge in [0.2, 0.25) is 0 Å². The Bertz CT molecular complexity index is 286. The largest absolute Gasteiger partial charge is 0.506 e. The van der Waals surface area contributed by atoms with Crippen LogP contribution in [-0.4, -0.2) is 22.5 Å². The number of carbonyl (C=O) groups is 1. The second-order valence-electron chi connectivity index (χ2n) is 2.29. The lowest BCUT2D eigenvalue weighted by Gasteiger charge is -2.00. The van der Waals surface area contributed by atoms with Crippen molar-refractivity contribution in [2.24, 2.45) is 0 Å². The Morgan fingerprint density at radius 3 is 3.00 bits per heavy atom. The van der Waals surface area contributed by atoms with Gasteiger partial charge in [0.25, 0.3) is 5.91 Å². The third-order valence-electron chi connectivity index (χ3n) is 1.32. The van der Waals surface area contributed by atoms with Crippen LogP contribution in [0, 0.1) is 0 Å². The zero-order chi connectivity index (χ0) is 8.97. The number of nitrogens with one attached hydrogen (secondary N) is 1. The van der Waals surface area contributed by atoms with Crippen molar-refractivity contribution in [1.29, 1.82) is 0 Å². The lowest BCUT2D eigenvalue weighted by molar-refractivity contribution is 0.0955. The van der Waals surface area contributed by atoms with E-state index in [4.69, 9.17) is 5.11 Å². The molecule has 0 saturated carbocycles. The molecule has 0 atom stereocenters. The summed E-state index contributed by atoms with van der Waals surface area (Å²) in [6.45, 7) is 2.39. The zero-order valence-electron chi connectivity index (χ0n) is 6.74. The second-order valence-corrected chi connectivity index (χ2v) is 2.29. The minimum atomic E-state index is -0.221. The first-order chi connectivity index (χ1) is 5.74. The van der Waals surface area contributed by atoms with Gasteiger partial charge in [-0.05, 0) is 13.0 Å². The number of aromatic nitrogens is 1. The van der Waals surface area contributed by atoms with Crippen LogP contribution in [0.2, 0.25) is 0 Å². The molecule has 1 heterocycles. The van der Waals surface area contributed by atoms with Crippen LogP contribution in [0.4, 0.5) is 0 Å². The quantitative estimate of drug-likeness (QED) is 0.674. The Balaban J connectivity index is 2.81. The van der Waals surface area contributed by atoms with Crippen LogP contribution < -0.4 is 5.32 Å². The van der Waals surface area contributed by atoms with Crippen molar-refractivity contribution in [3.63, 3.8) is 0 Å². The van der Waals surface area contributed by atoms with Crippen LogP contribution in [0.3, 0.4) is 0 Å². The Hall–Kier alpha value is -1.58. The third-order valence-corrected chi connectivity index (χ3v) is 1.32. The van der Waals surface area contributed by atoms with E-state index < -0.39 is 0 Å². The molecule has 0 radical (unpaired) electrons. The van der Waals surface area contributed by atoms with Crippen LogP contribution in [0.15, 0.2) is 18.5 Å². The maximum atomic E-state index is 11.1. The van der Waals surface area contributed by atoms with Crippen LogP contribution in [-0.2, 0) is 0 Å². The first kappa shape index (κ1) is 8.52. The molecule has 0 bridgehead atoms. The molecule has 0 aromatic carbocycles. The van der Waals surface area contributed by atoms with Crippen molar-refractivity contribution in [2.45, 2.75) is 6.92 Å². The van der Waals surface area contributed by atoms with Gasteiger partial charge in [-0.15, -0.1) is 0 Å². The normalized spacial score (nSPS) is 9.42. The first-order valence-corrected chi connectivity index (χ1v) is 3.66. The highest BCUT2D eigenvalue weighted by atomic mass is 16.3. The first-order valence-electron chi connectivity index (χ1n) is 3.66. The van der Waals surface area contributed by atoms with Crippen LogP contribution >= 0.6 is 0 Å². The van der Waals surface area contributed by atoms with Gasteiger partial charge in [-0.1, -0.05) is 0 Å². The molecular formula is C8H10N2O2. The molecule has 0 unspecified atom stereocenters. The van der Waals surface area contributed by atoms with Gasteiger partial charge in [0.1, 0.15) is 5.75 Å². The topological polar surface area (TPSA) is 62.2 Å². The second kappa shape index (κ2) is 3.71. The number of aromatic hydroxyl groups is 1. The van der Waals surface area contributed by atoms with E-state index in [1.807, 2.05) is 6.92 Å². The molecule has 0 saturated heterocycles. The van der Waals surface area contributed by atoms with E-state index in [9.17, 15) is 4.79 Å². The van der Waals surface area contributed by atoms with Gasteiger partial charge < -0.3 is 10.4 Å². The molecule has 4 heteroatoms. The molecule has 0 aliphatic rings. The molecule has 0 aliphatic carbocycles. The average Bonchev–Trinajstić information content (AvgIpc) is 2.05. The van der Waals surface area contributed by atoms with E-state index in [0.717, 1.165) is 0 Å². The highest BCUT2D eigenvalue weighted by Crippen LogP contribution is 2.07. The van der Waals surface area contributed by atoms with Crippen molar-refractivity contribution >= 4 is 5.91 Å². The Morgan fingerprint density at radius 2 is 2.42 bits per heavy atom. The monoisotopic (exact) mass is 166 g/mol. The molecular weight excluding hydrogens is 156 g/mol. The van der Waals surface area contributed by atoms with Gasteiger partial charge in [-0.25, -0.2) is 0 Å². The van der Waals surface area contributed by atoms with E-state index in [1.54, 1.807) is 0 Å². The van der Waals surface area contributed by atoms with Gasteiger partial charge >= 0.3 is 0 Å². The summed E-state index contributed by atoms with van der Waals surface area (Å²) < 4.78 is 0. The fourth-order valence-electron chi connectivity index (χ4n) is 0.815. The van der Waals surface area contributed by atoms with E-state index in [-0.39, 0.29) is 11.7 Å². The van der Waals surface area contributed by atoms with E-state index in [2.05, 4.69) is 10.3 Å².